The van der Waals surface area contributed by atoms with Gasteiger partial charge in [-0.15, -0.1) is 0 Å². The van der Waals surface area contributed by atoms with Crippen LogP contribution < -0.4 is 5.32 Å². The highest BCUT2D eigenvalue weighted by atomic mass is 16.6. The Bertz CT molecular complexity index is 362. The summed E-state index contributed by atoms with van der Waals surface area (Å²) in [7, 11) is 0. The number of nitrogens with zero attached hydrogens (tertiary/aromatic N) is 1. The van der Waals surface area contributed by atoms with Gasteiger partial charge in [0.1, 0.15) is 5.60 Å². The molecule has 1 N–H and O–H groups in total. The van der Waals surface area contributed by atoms with Crippen molar-refractivity contribution < 1.29 is 14.3 Å². The van der Waals surface area contributed by atoms with Gasteiger partial charge in [0.05, 0.1) is 0 Å². The fraction of sp³-hybridized carbons (Fsp3) is 0.857. The molecular formula is C14H24N2O3. The molecular weight excluding hydrogens is 244 g/mol. The lowest BCUT2D eigenvalue weighted by atomic mass is 9.87. The van der Waals surface area contributed by atoms with Gasteiger partial charge in [0, 0.05) is 12.5 Å². The Kier molecular flexibility index (Phi) is 4.13. The molecule has 0 saturated carbocycles. The number of amides is 2. The summed E-state index contributed by atoms with van der Waals surface area (Å²) in [5.41, 5.74) is -0.562. The van der Waals surface area contributed by atoms with Crippen LogP contribution in [0.1, 0.15) is 46.5 Å². The molecule has 0 aromatic carbocycles. The SMILES string of the molecule is CC(C)(C)OC(=O)N1C(=O)CCC2CNCCCC21. The van der Waals surface area contributed by atoms with E-state index in [0.717, 1.165) is 32.4 Å². The van der Waals surface area contributed by atoms with Crippen LogP contribution >= 0.6 is 0 Å². The Hall–Kier alpha value is -1.10. The van der Waals surface area contributed by atoms with Gasteiger partial charge in [0.2, 0.25) is 5.91 Å². The van der Waals surface area contributed by atoms with Gasteiger partial charge in [-0.3, -0.25) is 4.79 Å². The number of imide groups is 1. The van der Waals surface area contributed by atoms with E-state index >= 15 is 0 Å². The maximum atomic E-state index is 12.3. The second-order valence-corrected chi connectivity index (χ2v) is 6.46. The van der Waals surface area contributed by atoms with Gasteiger partial charge in [-0.25, -0.2) is 9.69 Å². The van der Waals surface area contributed by atoms with Gasteiger partial charge < -0.3 is 10.1 Å². The van der Waals surface area contributed by atoms with Gasteiger partial charge in [0.15, 0.2) is 0 Å². The highest BCUT2D eigenvalue weighted by molar-refractivity contribution is 5.93. The van der Waals surface area contributed by atoms with Crippen LogP contribution in [-0.4, -0.2) is 41.6 Å². The molecule has 0 radical (unpaired) electrons. The number of likely N-dealkylation sites (tertiary alicyclic amines) is 1. The van der Waals surface area contributed by atoms with Crippen LogP contribution in [0.5, 0.6) is 0 Å². The first-order valence-electron chi connectivity index (χ1n) is 7.14. The van der Waals surface area contributed by atoms with Crippen molar-refractivity contribution in [2.45, 2.75) is 58.1 Å². The Morgan fingerprint density at radius 3 is 2.79 bits per heavy atom. The first-order chi connectivity index (χ1) is 8.88. The number of hydrogen-bond donors (Lipinski definition) is 1. The molecule has 108 valence electrons. The van der Waals surface area contributed by atoms with E-state index in [-0.39, 0.29) is 11.9 Å². The van der Waals surface area contributed by atoms with E-state index in [4.69, 9.17) is 4.74 Å². The second-order valence-electron chi connectivity index (χ2n) is 6.46. The summed E-state index contributed by atoms with van der Waals surface area (Å²) in [5.74, 6) is 0.283. The van der Waals surface area contributed by atoms with E-state index in [9.17, 15) is 9.59 Å². The Balaban J connectivity index is 2.14. The lowest BCUT2D eigenvalue weighted by Crippen LogP contribution is -2.53. The minimum Gasteiger partial charge on any atom is -0.443 e. The number of nitrogens with one attached hydrogen (secondary N) is 1. The van der Waals surface area contributed by atoms with Crippen molar-refractivity contribution in [1.29, 1.82) is 0 Å². The first-order valence-corrected chi connectivity index (χ1v) is 7.14. The molecule has 2 rings (SSSR count). The molecule has 2 atom stereocenters. The quantitative estimate of drug-likeness (QED) is 0.729. The smallest absolute Gasteiger partial charge is 0.417 e. The normalized spacial score (nSPS) is 28.6. The first kappa shape index (κ1) is 14.3. The molecule has 0 aliphatic carbocycles. The van der Waals surface area contributed by atoms with Crippen molar-refractivity contribution in [3.63, 3.8) is 0 Å². The summed E-state index contributed by atoms with van der Waals surface area (Å²) in [5, 5.41) is 3.38. The van der Waals surface area contributed by atoms with E-state index in [1.54, 1.807) is 0 Å². The molecule has 2 unspecified atom stereocenters. The van der Waals surface area contributed by atoms with Crippen LogP contribution in [0.3, 0.4) is 0 Å². The highest BCUT2D eigenvalue weighted by Gasteiger charge is 2.41. The van der Waals surface area contributed by atoms with Gasteiger partial charge in [0.25, 0.3) is 0 Å². The zero-order chi connectivity index (χ0) is 14.0. The van der Waals surface area contributed by atoms with E-state index in [1.165, 1.54) is 4.90 Å². The van der Waals surface area contributed by atoms with Crippen LogP contribution in [0.15, 0.2) is 0 Å². The lowest BCUT2D eigenvalue weighted by molar-refractivity contribution is -0.137. The summed E-state index contributed by atoms with van der Waals surface area (Å²) < 4.78 is 5.38. The van der Waals surface area contributed by atoms with Gasteiger partial charge >= 0.3 is 6.09 Å². The number of rotatable bonds is 0. The number of ether oxygens (including phenoxy) is 1. The molecule has 2 heterocycles. The molecule has 5 heteroatoms. The average molecular weight is 268 g/mol. The predicted octanol–water partition coefficient (Wildman–Crippen LogP) is 1.91. The number of piperidine rings is 1. The fourth-order valence-electron chi connectivity index (χ4n) is 2.89. The molecule has 0 spiro atoms. The largest absolute Gasteiger partial charge is 0.443 e. The van der Waals surface area contributed by atoms with Gasteiger partial charge in [-0.1, -0.05) is 0 Å². The minimum atomic E-state index is -0.562. The van der Waals surface area contributed by atoms with Crippen LogP contribution in [-0.2, 0) is 9.53 Å². The second kappa shape index (κ2) is 5.49. The van der Waals surface area contributed by atoms with E-state index in [2.05, 4.69) is 5.32 Å². The summed E-state index contributed by atoms with van der Waals surface area (Å²) in [6.07, 6.45) is 2.71. The standard InChI is InChI=1S/C14H24N2O3/c1-14(2,3)19-13(18)16-11-5-4-8-15-9-10(11)6-7-12(16)17/h10-11,15H,4-9H2,1-3H3. The van der Waals surface area contributed by atoms with E-state index in [0.29, 0.717) is 12.3 Å². The van der Waals surface area contributed by atoms with Crippen LogP contribution in [0.4, 0.5) is 4.79 Å². The Labute approximate surface area is 114 Å². The van der Waals surface area contributed by atoms with Crippen molar-refractivity contribution in [2.24, 2.45) is 5.92 Å². The van der Waals surface area contributed by atoms with Crippen molar-refractivity contribution in [1.82, 2.24) is 10.2 Å². The maximum absolute atomic E-state index is 12.3. The predicted molar refractivity (Wildman–Crippen MR) is 71.7 cm³/mol. The summed E-state index contributed by atoms with van der Waals surface area (Å²) in [6, 6.07) is 0.00565. The van der Waals surface area contributed by atoms with Crippen LogP contribution in [0, 0.1) is 5.92 Å². The topological polar surface area (TPSA) is 58.6 Å². The summed E-state index contributed by atoms with van der Waals surface area (Å²) in [4.78, 5) is 25.7. The molecule has 19 heavy (non-hydrogen) atoms. The minimum absolute atomic E-state index is 0.00565. The van der Waals surface area contributed by atoms with Crippen LogP contribution in [0.2, 0.25) is 0 Å². The third-order valence-electron chi connectivity index (χ3n) is 3.72. The highest BCUT2D eigenvalue weighted by Crippen LogP contribution is 2.30. The van der Waals surface area contributed by atoms with Crippen molar-refractivity contribution in [3.05, 3.63) is 0 Å². The summed E-state index contributed by atoms with van der Waals surface area (Å²) in [6.45, 7) is 7.32. The molecule has 2 saturated heterocycles. The van der Waals surface area contributed by atoms with Gasteiger partial charge in [-0.2, -0.15) is 0 Å². The third kappa shape index (κ3) is 3.47. The molecule has 0 aromatic heterocycles. The molecule has 2 fully saturated rings. The molecule has 2 amide bonds. The fourth-order valence-corrected chi connectivity index (χ4v) is 2.89. The Morgan fingerprint density at radius 2 is 2.11 bits per heavy atom. The monoisotopic (exact) mass is 268 g/mol. The number of hydrogen-bond acceptors (Lipinski definition) is 4. The zero-order valence-corrected chi connectivity index (χ0v) is 12.1. The maximum Gasteiger partial charge on any atom is 0.417 e. The Morgan fingerprint density at radius 1 is 1.37 bits per heavy atom. The number of carbonyl (C=O) groups is 2. The molecule has 0 aromatic rings. The third-order valence-corrected chi connectivity index (χ3v) is 3.72. The van der Waals surface area contributed by atoms with E-state index < -0.39 is 11.7 Å². The van der Waals surface area contributed by atoms with Gasteiger partial charge in [-0.05, 0) is 59.0 Å². The molecule has 2 aliphatic rings. The zero-order valence-electron chi connectivity index (χ0n) is 12.1. The number of carbonyl (C=O) groups excluding carboxylic acids is 2. The van der Waals surface area contributed by atoms with Crippen molar-refractivity contribution >= 4 is 12.0 Å². The molecule has 5 nitrogen and oxygen atoms in total. The lowest BCUT2D eigenvalue weighted by Gasteiger charge is -2.39. The molecule has 0 bridgehead atoms. The number of fused-ring (bicyclic) bond motifs is 1. The molecule has 2 aliphatic heterocycles. The average Bonchev–Trinajstić information content (AvgIpc) is 2.51. The van der Waals surface area contributed by atoms with Crippen molar-refractivity contribution in [2.75, 3.05) is 13.1 Å². The summed E-state index contributed by atoms with van der Waals surface area (Å²) >= 11 is 0. The van der Waals surface area contributed by atoms with Crippen LogP contribution in [0.25, 0.3) is 0 Å². The van der Waals surface area contributed by atoms with E-state index in [1.807, 2.05) is 20.8 Å². The van der Waals surface area contributed by atoms with Crippen molar-refractivity contribution in [3.8, 4) is 0 Å².